The van der Waals surface area contributed by atoms with Crippen LogP contribution in [-0.2, 0) is 16.1 Å². The number of ether oxygens (including phenoxy) is 1. The van der Waals surface area contributed by atoms with Crippen LogP contribution in [0.15, 0.2) is 24.3 Å². The average molecular weight is 236 g/mol. The number of nitrogen functional groups attached to an aromatic ring is 1. The molecule has 2 N–H and O–H groups in total. The van der Waals surface area contributed by atoms with E-state index in [0.717, 1.165) is 17.7 Å². The second kappa shape index (κ2) is 6.91. The van der Waals surface area contributed by atoms with Crippen molar-refractivity contribution in [3.63, 3.8) is 0 Å². The Balaban J connectivity index is 2.12. The van der Waals surface area contributed by atoms with Gasteiger partial charge in [0.2, 0.25) is 5.91 Å². The van der Waals surface area contributed by atoms with Gasteiger partial charge in [0.25, 0.3) is 0 Å². The Kier molecular flexibility index (Phi) is 5.49. The molecule has 1 rings (SSSR count). The van der Waals surface area contributed by atoms with Gasteiger partial charge < -0.3 is 15.4 Å². The lowest BCUT2D eigenvalue weighted by molar-refractivity contribution is -0.129. The number of carbonyl (C=O) groups is 1. The molecule has 4 heteroatoms. The largest absolute Gasteiger partial charge is 0.399 e. The fourth-order valence-corrected chi connectivity index (χ4v) is 1.35. The summed E-state index contributed by atoms with van der Waals surface area (Å²) in [5.74, 6) is 0.140. The van der Waals surface area contributed by atoms with E-state index < -0.39 is 0 Å². The third-order valence-corrected chi connectivity index (χ3v) is 2.43. The zero-order chi connectivity index (χ0) is 12.7. The highest BCUT2D eigenvalue weighted by atomic mass is 16.5. The van der Waals surface area contributed by atoms with Crippen LogP contribution < -0.4 is 5.73 Å². The molecule has 1 amide bonds. The fraction of sp³-hybridized carbons (Fsp3) is 0.462. The predicted molar refractivity (Wildman–Crippen MR) is 68.4 cm³/mol. The molecule has 0 spiro atoms. The zero-order valence-electron chi connectivity index (χ0n) is 10.5. The highest BCUT2D eigenvalue weighted by Gasteiger charge is 2.02. The Morgan fingerprint density at radius 1 is 1.29 bits per heavy atom. The summed E-state index contributed by atoms with van der Waals surface area (Å²) in [6.45, 7) is 1.17. The minimum absolute atomic E-state index is 0.140. The maximum atomic E-state index is 11.3. The monoisotopic (exact) mass is 236 g/mol. The molecule has 94 valence electrons. The van der Waals surface area contributed by atoms with Gasteiger partial charge in [0.15, 0.2) is 0 Å². The number of carbonyl (C=O) groups excluding carboxylic acids is 1. The quantitative estimate of drug-likeness (QED) is 0.603. The number of amides is 1. The number of nitrogens with two attached hydrogens (primary N) is 1. The lowest BCUT2D eigenvalue weighted by atomic mass is 10.2. The first-order valence-electron chi connectivity index (χ1n) is 5.72. The normalized spacial score (nSPS) is 10.2. The standard InChI is InChI=1S/C13H20N2O2/c1-15(2)13(16)4-3-9-17-10-11-5-7-12(14)8-6-11/h5-8H,3-4,9-10,14H2,1-2H3. The van der Waals surface area contributed by atoms with E-state index in [0.29, 0.717) is 19.6 Å². The molecule has 0 heterocycles. The van der Waals surface area contributed by atoms with E-state index in [9.17, 15) is 4.79 Å². The van der Waals surface area contributed by atoms with Crippen molar-refractivity contribution in [3.05, 3.63) is 29.8 Å². The first kappa shape index (κ1) is 13.5. The summed E-state index contributed by atoms with van der Waals surface area (Å²) in [7, 11) is 3.52. The van der Waals surface area contributed by atoms with Crippen LogP contribution in [-0.4, -0.2) is 31.5 Å². The molecule has 0 fully saturated rings. The van der Waals surface area contributed by atoms with Crippen LogP contribution in [0.4, 0.5) is 5.69 Å². The first-order chi connectivity index (χ1) is 8.09. The van der Waals surface area contributed by atoms with Crippen LogP contribution in [0.2, 0.25) is 0 Å². The summed E-state index contributed by atoms with van der Waals surface area (Å²) in [5.41, 5.74) is 7.43. The van der Waals surface area contributed by atoms with Gasteiger partial charge in [-0.25, -0.2) is 0 Å². The van der Waals surface area contributed by atoms with Gasteiger partial charge in [-0.1, -0.05) is 12.1 Å². The SMILES string of the molecule is CN(C)C(=O)CCCOCc1ccc(N)cc1. The molecule has 0 aliphatic heterocycles. The number of hydrogen-bond acceptors (Lipinski definition) is 3. The molecule has 0 atom stereocenters. The third kappa shape index (κ3) is 5.36. The molecule has 0 saturated heterocycles. The van der Waals surface area contributed by atoms with E-state index in [4.69, 9.17) is 10.5 Å². The Morgan fingerprint density at radius 3 is 2.53 bits per heavy atom. The molecular weight excluding hydrogens is 216 g/mol. The maximum Gasteiger partial charge on any atom is 0.222 e. The number of hydrogen-bond donors (Lipinski definition) is 1. The minimum Gasteiger partial charge on any atom is -0.399 e. The molecule has 1 aromatic rings. The van der Waals surface area contributed by atoms with E-state index in [-0.39, 0.29) is 5.91 Å². The molecular formula is C13H20N2O2. The highest BCUT2D eigenvalue weighted by Crippen LogP contribution is 2.07. The van der Waals surface area contributed by atoms with E-state index in [2.05, 4.69) is 0 Å². The zero-order valence-corrected chi connectivity index (χ0v) is 10.5. The number of anilines is 1. The van der Waals surface area contributed by atoms with Gasteiger partial charge in [0.05, 0.1) is 6.61 Å². The van der Waals surface area contributed by atoms with Crippen molar-refractivity contribution in [1.29, 1.82) is 0 Å². The number of nitrogens with zero attached hydrogens (tertiary/aromatic N) is 1. The van der Waals surface area contributed by atoms with Crippen LogP contribution in [0, 0.1) is 0 Å². The van der Waals surface area contributed by atoms with E-state index in [1.54, 1.807) is 19.0 Å². The predicted octanol–water partition coefficient (Wildman–Crippen LogP) is 1.65. The first-order valence-corrected chi connectivity index (χ1v) is 5.72. The molecule has 0 unspecified atom stereocenters. The summed E-state index contributed by atoms with van der Waals surface area (Å²) in [5, 5.41) is 0. The van der Waals surface area contributed by atoms with Gasteiger partial charge in [0, 0.05) is 32.8 Å². The fourth-order valence-electron chi connectivity index (χ4n) is 1.35. The van der Waals surface area contributed by atoms with E-state index in [1.807, 2.05) is 24.3 Å². The smallest absolute Gasteiger partial charge is 0.222 e. The van der Waals surface area contributed by atoms with Crippen LogP contribution in [0.5, 0.6) is 0 Å². The topological polar surface area (TPSA) is 55.6 Å². The van der Waals surface area contributed by atoms with Crippen LogP contribution in [0.1, 0.15) is 18.4 Å². The summed E-state index contributed by atoms with van der Waals surface area (Å²) in [4.78, 5) is 12.9. The van der Waals surface area contributed by atoms with Crippen molar-refractivity contribution in [3.8, 4) is 0 Å². The third-order valence-electron chi connectivity index (χ3n) is 2.43. The lowest BCUT2D eigenvalue weighted by Gasteiger charge is -2.09. The summed E-state index contributed by atoms with van der Waals surface area (Å²) >= 11 is 0. The van der Waals surface area contributed by atoms with Gasteiger partial charge in [-0.15, -0.1) is 0 Å². The number of rotatable bonds is 6. The molecule has 0 aliphatic carbocycles. The lowest BCUT2D eigenvalue weighted by Crippen LogP contribution is -2.21. The van der Waals surface area contributed by atoms with Crippen LogP contribution in [0.25, 0.3) is 0 Å². The summed E-state index contributed by atoms with van der Waals surface area (Å²) in [6.07, 6.45) is 1.29. The van der Waals surface area contributed by atoms with Crippen molar-refractivity contribution in [2.24, 2.45) is 0 Å². The molecule has 0 bridgehead atoms. The highest BCUT2D eigenvalue weighted by molar-refractivity contribution is 5.75. The Morgan fingerprint density at radius 2 is 1.94 bits per heavy atom. The molecule has 17 heavy (non-hydrogen) atoms. The average Bonchev–Trinajstić information content (AvgIpc) is 2.30. The molecule has 0 radical (unpaired) electrons. The summed E-state index contributed by atoms with van der Waals surface area (Å²) < 4.78 is 5.48. The van der Waals surface area contributed by atoms with E-state index >= 15 is 0 Å². The van der Waals surface area contributed by atoms with Gasteiger partial charge in [-0.05, 0) is 24.1 Å². The second-order valence-electron chi connectivity index (χ2n) is 4.19. The van der Waals surface area contributed by atoms with Crippen molar-refractivity contribution in [2.45, 2.75) is 19.4 Å². The van der Waals surface area contributed by atoms with Crippen molar-refractivity contribution >= 4 is 11.6 Å². The molecule has 0 aromatic heterocycles. The molecule has 4 nitrogen and oxygen atoms in total. The Labute approximate surface area is 102 Å². The molecule has 1 aromatic carbocycles. The summed E-state index contributed by atoms with van der Waals surface area (Å²) in [6, 6.07) is 7.60. The van der Waals surface area contributed by atoms with Gasteiger partial charge in [-0.2, -0.15) is 0 Å². The minimum atomic E-state index is 0.140. The van der Waals surface area contributed by atoms with E-state index in [1.165, 1.54) is 0 Å². The van der Waals surface area contributed by atoms with Crippen LogP contribution >= 0.6 is 0 Å². The van der Waals surface area contributed by atoms with Crippen molar-refractivity contribution < 1.29 is 9.53 Å². The van der Waals surface area contributed by atoms with Gasteiger partial charge >= 0.3 is 0 Å². The Bertz CT molecular complexity index is 347. The second-order valence-corrected chi connectivity index (χ2v) is 4.19. The Hall–Kier alpha value is -1.55. The maximum absolute atomic E-state index is 11.3. The van der Waals surface area contributed by atoms with Crippen molar-refractivity contribution in [1.82, 2.24) is 4.90 Å². The molecule has 0 saturated carbocycles. The van der Waals surface area contributed by atoms with Crippen LogP contribution in [0.3, 0.4) is 0 Å². The van der Waals surface area contributed by atoms with Gasteiger partial charge in [0.1, 0.15) is 0 Å². The number of benzene rings is 1. The molecule has 0 aliphatic rings. The van der Waals surface area contributed by atoms with Crippen molar-refractivity contribution in [2.75, 3.05) is 26.4 Å². The van der Waals surface area contributed by atoms with Gasteiger partial charge in [-0.3, -0.25) is 4.79 Å².